The van der Waals surface area contributed by atoms with Crippen molar-refractivity contribution in [2.24, 2.45) is 0 Å². The van der Waals surface area contributed by atoms with Crippen LogP contribution in [0, 0.1) is 6.92 Å². The number of anilines is 1. The number of para-hydroxylation sites is 2. The van der Waals surface area contributed by atoms with Gasteiger partial charge in [-0.05, 0) is 43.3 Å². The Morgan fingerprint density at radius 2 is 1.88 bits per heavy atom. The zero-order chi connectivity index (χ0) is 22.5. The van der Waals surface area contributed by atoms with Crippen LogP contribution >= 0.6 is 34.7 Å². The summed E-state index contributed by atoms with van der Waals surface area (Å²) < 4.78 is 5.46. The molecule has 0 aliphatic rings. The smallest absolute Gasteiger partial charge is 0.234 e. The van der Waals surface area contributed by atoms with Crippen LogP contribution in [0.25, 0.3) is 21.1 Å². The van der Waals surface area contributed by atoms with E-state index in [1.165, 1.54) is 11.8 Å². The fraction of sp³-hybridized carbons (Fsp3) is 0.130. The molecule has 0 unspecified atom stereocenters. The molecular weight excluding hydrogens is 464 g/mol. The quantitative estimate of drug-likeness (QED) is 0.327. The number of thiazole rings is 1. The number of ether oxygens (including phenoxy) is 1. The fourth-order valence-electron chi connectivity index (χ4n) is 2.98. The van der Waals surface area contributed by atoms with Gasteiger partial charge in [-0.3, -0.25) is 4.79 Å². The number of hydrogen-bond acceptors (Lipinski definition) is 7. The molecule has 0 spiro atoms. The Morgan fingerprint density at radius 3 is 2.62 bits per heavy atom. The lowest BCUT2D eigenvalue weighted by molar-refractivity contribution is -0.113. The highest BCUT2D eigenvalue weighted by Crippen LogP contribution is 2.38. The molecular formula is C23H19ClN4O2S2. The Morgan fingerprint density at radius 1 is 1.09 bits per heavy atom. The summed E-state index contributed by atoms with van der Waals surface area (Å²) in [6, 6.07) is 18.7. The summed E-state index contributed by atoms with van der Waals surface area (Å²) in [6.07, 6.45) is 0. The molecule has 4 aromatic rings. The van der Waals surface area contributed by atoms with Gasteiger partial charge in [0.05, 0.1) is 39.7 Å². The number of methoxy groups -OCH3 is 1. The zero-order valence-electron chi connectivity index (χ0n) is 17.3. The van der Waals surface area contributed by atoms with E-state index in [1.54, 1.807) is 30.6 Å². The van der Waals surface area contributed by atoms with E-state index in [9.17, 15) is 4.79 Å². The Hall–Kier alpha value is -2.94. The molecule has 0 fully saturated rings. The van der Waals surface area contributed by atoms with Crippen LogP contribution in [0.5, 0.6) is 5.75 Å². The van der Waals surface area contributed by atoms with E-state index < -0.39 is 0 Å². The molecule has 6 nitrogen and oxygen atoms in total. The van der Waals surface area contributed by atoms with Gasteiger partial charge in [-0.2, -0.15) is 0 Å². The number of carbonyl (C=O) groups is 1. The van der Waals surface area contributed by atoms with E-state index in [1.807, 2.05) is 55.5 Å². The van der Waals surface area contributed by atoms with Gasteiger partial charge in [0.25, 0.3) is 0 Å². The molecule has 0 aliphatic heterocycles. The Bertz CT molecular complexity index is 1240. The number of amides is 1. The van der Waals surface area contributed by atoms with Crippen LogP contribution in [0.2, 0.25) is 5.02 Å². The summed E-state index contributed by atoms with van der Waals surface area (Å²) >= 11 is 8.93. The molecule has 32 heavy (non-hydrogen) atoms. The Labute approximate surface area is 199 Å². The maximum absolute atomic E-state index is 12.2. The van der Waals surface area contributed by atoms with Gasteiger partial charge < -0.3 is 10.1 Å². The number of aromatic nitrogens is 3. The van der Waals surface area contributed by atoms with E-state index in [0.717, 1.165) is 32.6 Å². The van der Waals surface area contributed by atoms with Gasteiger partial charge in [0.2, 0.25) is 5.91 Å². The maximum atomic E-state index is 12.2. The lowest BCUT2D eigenvalue weighted by Gasteiger charge is -2.06. The predicted octanol–water partition coefficient (Wildman–Crippen LogP) is 5.97. The van der Waals surface area contributed by atoms with Crippen LogP contribution in [-0.4, -0.2) is 34.0 Å². The molecule has 4 rings (SSSR count). The van der Waals surface area contributed by atoms with Crippen molar-refractivity contribution in [2.75, 3.05) is 18.2 Å². The molecule has 9 heteroatoms. The number of aryl methyl sites for hydroxylation is 1. The molecule has 2 heterocycles. The third-order valence-electron chi connectivity index (χ3n) is 4.51. The van der Waals surface area contributed by atoms with Gasteiger partial charge >= 0.3 is 0 Å². The monoisotopic (exact) mass is 482 g/mol. The predicted molar refractivity (Wildman–Crippen MR) is 131 cm³/mol. The van der Waals surface area contributed by atoms with E-state index in [2.05, 4.69) is 15.5 Å². The molecule has 0 atom stereocenters. The van der Waals surface area contributed by atoms with Crippen molar-refractivity contribution in [3.8, 4) is 26.9 Å². The summed E-state index contributed by atoms with van der Waals surface area (Å²) in [6.45, 7) is 1.95. The minimum absolute atomic E-state index is 0.159. The summed E-state index contributed by atoms with van der Waals surface area (Å²) in [7, 11) is 1.65. The first-order chi connectivity index (χ1) is 15.5. The molecule has 0 bridgehead atoms. The van der Waals surface area contributed by atoms with Crippen LogP contribution in [0.1, 0.15) is 5.69 Å². The van der Waals surface area contributed by atoms with Crippen molar-refractivity contribution in [1.29, 1.82) is 0 Å². The van der Waals surface area contributed by atoms with Crippen LogP contribution in [0.3, 0.4) is 0 Å². The van der Waals surface area contributed by atoms with Crippen molar-refractivity contribution in [1.82, 2.24) is 15.2 Å². The first-order valence-electron chi connectivity index (χ1n) is 9.67. The fourth-order valence-corrected chi connectivity index (χ4v) is 4.84. The number of carbonyl (C=O) groups excluding carboxylic acids is 1. The van der Waals surface area contributed by atoms with Crippen LogP contribution in [-0.2, 0) is 4.79 Å². The molecule has 1 N–H and O–H groups in total. The van der Waals surface area contributed by atoms with Crippen molar-refractivity contribution in [3.05, 3.63) is 71.4 Å². The van der Waals surface area contributed by atoms with E-state index >= 15 is 0 Å². The third-order valence-corrected chi connectivity index (χ3v) is 6.97. The van der Waals surface area contributed by atoms with E-state index in [-0.39, 0.29) is 11.7 Å². The first kappa shape index (κ1) is 22.3. The second-order valence-corrected chi connectivity index (χ2v) is 9.11. The maximum Gasteiger partial charge on any atom is 0.234 e. The number of halogens is 1. The van der Waals surface area contributed by atoms with Crippen LogP contribution in [0.4, 0.5) is 5.69 Å². The molecule has 0 radical (unpaired) electrons. The number of nitrogens with one attached hydrogen (secondary N) is 1. The van der Waals surface area contributed by atoms with Gasteiger partial charge in [-0.15, -0.1) is 21.5 Å². The Balaban J connectivity index is 1.43. The highest BCUT2D eigenvalue weighted by atomic mass is 35.5. The molecule has 2 aromatic heterocycles. The Kier molecular flexibility index (Phi) is 7.04. The zero-order valence-corrected chi connectivity index (χ0v) is 19.7. The highest BCUT2D eigenvalue weighted by Gasteiger charge is 2.16. The number of hydrogen-bond donors (Lipinski definition) is 1. The van der Waals surface area contributed by atoms with Crippen molar-refractivity contribution < 1.29 is 9.53 Å². The van der Waals surface area contributed by atoms with Gasteiger partial charge in [-0.1, -0.05) is 47.6 Å². The van der Waals surface area contributed by atoms with E-state index in [4.69, 9.17) is 21.3 Å². The molecule has 162 valence electrons. The second kappa shape index (κ2) is 10.1. The first-order valence-corrected chi connectivity index (χ1v) is 11.8. The third kappa shape index (κ3) is 5.09. The minimum Gasteiger partial charge on any atom is -0.496 e. The molecule has 0 saturated carbocycles. The number of thioether (sulfide) groups is 1. The largest absolute Gasteiger partial charge is 0.496 e. The van der Waals surface area contributed by atoms with Crippen molar-refractivity contribution >= 4 is 46.3 Å². The van der Waals surface area contributed by atoms with E-state index in [0.29, 0.717) is 15.7 Å². The topological polar surface area (TPSA) is 77.0 Å². The lowest BCUT2D eigenvalue weighted by Crippen LogP contribution is -2.14. The van der Waals surface area contributed by atoms with Crippen LogP contribution in [0.15, 0.2) is 65.7 Å². The van der Waals surface area contributed by atoms with Crippen molar-refractivity contribution in [2.45, 2.75) is 11.9 Å². The molecule has 2 aromatic carbocycles. The summed E-state index contributed by atoms with van der Waals surface area (Å²) in [5.74, 6) is 0.825. The molecule has 0 saturated heterocycles. The molecule has 0 aliphatic carbocycles. The summed E-state index contributed by atoms with van der Waals surface area (Å²) in [5, 5.41) is 13.4. The molecule has 1 amide bonds. The van der Waals surface area contributed by atoms with Gasteiger partial charge in [-0.25, -0.2) is 4.98 Å². The minimum atomic E-state index is -0.159. The SMILES string of the molecule is COc1ccccc1-c1nc(C)c(-c2ccc(SCC(=O)Nc3ccccc3Cl)nn2)s1. The van der Waals surface area contributed by atoms with Gasteiger partial charge in [0.15, 0.2) is 0 Å². The highest BCUT2D eigenvalue weighted by molar-refractivity contribution is 7.99. The van der Waals surface area contributed by atoms with Gasteiger partial charge in [0, 0.05) is 0 Å². The van der Waals surface area contributed by atoms with Crippen LogP contribution < -0.4 is 10.1 Å². The average Bonchev–Trinajstić information content (AvgIpc) is 3.21. The summed E-state index contributed by atoms with van der Waals surface area (Å²) in [5.41, 5.74) is 3.16. The van der Waals surface area contributed by atoms with Gasteiger partial charge in [0.1, 0.15) is 21.5 Å². The standard InChI is InChI=1S/C23H19ClN4O2S2/c1-14-22(32-23(25-14)15-7-3-6-10-19(15)30-2)18-11-12-21(28-27-18)31-13-20(29)26-17-9-5-4-8-16(17)24/h3-12H,13H2,1-2H3,(H,26,29). The summed E-state index contributed by atoms with van der Waals surface area (Å²) in [4.78, 5) is 17.9. The lowest BCUT2D eigenvalue weighted by atomic mass is 10.2. The number of rotatable bonds is 7. The number of benzene rings is 2. The average molecular weight is 483 g/mol. The second-order valence-electron chi connectivity index (χ2n) is 6.71. The van der Waals surface area contributed by atoms with Crippen molar-refractivity contribution in [3.63, 3.8) is 0 Å². The normalized spacial score (nSPS) is 10.7. The number of nitrogens with zero attached hydrogens (tertiary/aromatic N) is 3.